The Morgan fingerprint density at radius 3 is 1.55 bits per heavy atom. The van der Waals surface area contributed by atoms with Crippen molar-refractivity contribution in [2.24, 2.45) is 0 Å². The summed E-state index contributed by atoms with van der Waals surface area (Å²) in [5.41, 5.74) is 11.3. The first kappa shape index (κ1) is 23.9. The van der Waals surface area contributed by atoms with Crippen molar-refractivity contribution in [2.75, 3.05) is 0 Å². The lowest BCUT2D eigenvalue weighted by Gasteiger charge is -2.18. The monoisotopic (exact) mass is 508 g/mol. The van der Waals surface area contributed by atoms with Gasteiger partial charge >= 0.3 is 0 Å². The fraction of sp³-hybridized carbons (Fsp3) is 0.0278. The molecule has 0 aliphatic heterocycles. The third-order valence-corrected chi connectivity index (χ3v) is 7.34. The van der Waals surface area contributed by atoms with E-state index in [4.69, 9.17) is 11.6 Å². The molecule has 0 spiro atoms. The summed E-state index contributed by atoms with van der Waals surface area (Å²) in [5.74, 6) is 0. The van der Waals surface area contributed by atoms with Crippen molar-refractivity contribution in [2.45, 2.75) is 6.92 Å². The zero-order valence-corrected chi connectivity index (χ0v) is 21.9. The standard InChI is InChI=1S/C36H27ClN/c1-26-22-23-31(24-33(26)37)38-34(28-16-8-3-9-17-28)25-32(27-14-6-2-7-15-27)35(29-18-10-4-11-19-29)36(38)30-20-12-5-13-21-30/h2-25H,1H3/q+1. The summed E-state index contributed by atoms with van der Waals surface area (Å²) >= 11 is 6.73. The number of pyridine rings is 1. The normalized spacial score (nSPS) is 10.9. The highest BCUT2D eigenvalue weighted by Gasteiger charge is 2.30. The van der Waals surface area contributed by atoms with Crippen molar-refractivity contribution < 1.29 is 4.57 Å². The molecule has 0 atom stereocenters. The van der Waals surface area contributed by atoms with Gasteiger partial charge in [0.05, 0.1) is 10.6 Å². The number of benzene rings is 5. The topological polar surface area (TPSA) is 3.88 Å². The van der Waals surface area contributed by atoms with Gasteiger partial charge in [-0.1, -0.05) is 115 Å². The van der Waals surface area contributed by atoms with E-state index in [0.29, 0.717) is 0 Å². The molecule has 6 aromatic rings. The summed E-state index contributed by atoms with van der Waals surface area (Å²) in [6, 6.07) is 51.3. The third kappa shape index (κ3) is 4.53. The second-order valence-electron chi connectivity index (χ2n) is 9.40. The minimum atomic E-state index is 0.751. The molecule has 2 heteroatoms. The van der Waals surface area contributed by atoms with Gasteiger partial charge in [-0.2, -0.15) is 4.57 Å². The number of halogens is 1. The first-order valence-electron chi connectivity index (χ1n) is 12.8. The number of nitrogens with zero attached hydrogens (tertiary/aromatic N) is 1. The molecule has 0 bridgehead atoms. The number of hydrogen-bond acceptors (Lipinski definition) is 0. The van der Waals surface area contributed by atoms with Crippen LogP contribution < -0.4 is 4.57 Å². The molecule has 1 aromatic heterocycles. The van der Waals surface area contributed by atoms with E-state index in [9.17, 15) is 0 Å². The van der Waals surface area contributed by atoms with Crippen molar-refractivity contribution in [1.82, 2.24) is 0 Å². The van der Waals surface area contributed by atoms with Gasteiger partial charge < -0.3 is 0 Å². The molecule has 0 radical (unpaired) electrons. The zero-order valence-electron chi connectivity index (χ0n) is 21.2. The van der Waals surface area contributed by atoms with Gasteiger partial charge in [-0.3, -0.25) is 0 Å². The van der Waals surface area contributed by atoms with Crippen LogP contribution in [-0.2, 0) is 0 Å². The Labute approximate surface area is 229 Å². The van der Waals surface area contributed by atoms with Crippen LogP contribution in [-0.4, -0.2) is 0 Å². The van der Waals surface area contributed by atoms with E-state index in [1.165, 1.54) is 16.7 Å². The predicted molar refractivity (Wildman–Crippen MR) is 159 cm³/mol. The van der Waals surface area contributed by atoms with Crippen molar-refractivity contribution >= 4 is 11.6 Å². The first-order valence-corrected chi connectivity index (χ1v) is 13.2. The number of aromatic nitrogens is 1. The van der Waals surface area contributed by atoms with Crippen LogP contribution in [0.5, 0.6) is 0 Å². The van der Waals surface area contributed by atoms with Crippen LogP contribution in [0.2, 0.25) is 5.02 Å². The summed E-state index contributed by atoms with van der Waals surface area (Å²) in [6.07, 6.45) is 0. The van der Waals surface area contributed by atoms with Crippen LogP contribution in [0.4, 0.5) is 0 Å². The summed E-state index contributed by atoms with van der Waals surface area (Å²) < 4.78 is 2.37. The van der Waals surface area contributed by atoms with Gasteiger partial charge in [0.2, 0.25) is 17.1 Å². The Hall–Kier alpha value is -4.46. The number of hydrogen-bond donors (Lipinski definition) is 0. The van der Waals surface area contributed by atoms with Crippen LogP contribution in [0.3, 0.4) is 0 Å². The van der Waals surface area contributed by atoms with Gasteiger partial charge in [0, 0.05) is 34.9 Å². The highest BCUT2D eigenvalue weighted by Crippen LogP contribution is 2.41. The lowest BCUT2D eigenvalue weighted by molar-refractivity contribution is -0.571. The lowest BCUT2D eigenvalue weighted by atomic mass is 9.88. The highest BCUT2D eigenvalue weighted by atomic mass is 35.5. The molecule has 38 heavy (non-hydrogen) atoms. The molecule has 0 saturated heterocycles. The molecule has 182 valence electrons. The lowest BCUT2D eigenvalue weighted by Crippen LogP contribution is -2.37. The number of aryl methyl sites for hydroxylation is 1. The Bertz CT molecular complexity index is 1690. The Morgan fingerprint density at radius 2 is 1.00 bits per heavy atom. The van der Waals surface area contributed by atoms with Gasteiger partial charge in [0.15, 0.2) is 0 Å². The molecular weight excluding hydrogens is 482 g/mol. The van der Waals surface area contributed by atoms with Crippen LogP contribution in [0.25, 0.3) is 50.5 Å². The van der Waals surface area contributed by atoms with E-state index in [-0.39, 0.29) is 0 Å². The molecule has 5 aromatic carbocycles. The highest BCUT2D eigenvalue weighted by molar-refractivity contribution is 6.31. The van der Waals surface area contributed by atoms with E-state index in [1.807, 2.05) is 6.92 Å². The Kier molecular flexibility index (Phi) is 6.60. The van der Waals surface area contributed by atoms with Gasteiger partial charge in [0.1, 0.15) is 0 Å². The molecule has 1 nitrogen and oxygen atoms in total. The Balaban J connectivity index is 1.85. The molecule has 0 unspecified atom stereocenters. The van der Waals surface area contributed by atoms with Crippen LogP contribution in [0.15, 0.2) is 146 Å². The Morgan fingerprint density at radius 1 is 0.500 bits per heavy atom. The van der Waals surface area contributed by atoms with Crippen molar-refractivity contribution in [3.05, 3.63) is 156 Å². The summed E-state index contributed by atoms with van der Waals surface area (Å²) in [6.45, 7) is 2.04. The maximum Gasteiger partial charge on any atom is 0.227 e. The minimum absolute atomic E-state index is 0.751. The number of rotatable bonds is 5. The van der Waals surface area contributed by atoms with Crippen LogP contribution >= 0.6 is 11.6 Å². The SMILES string of the molecule is Cc1ccc(-[n+]2c(-c3ccccc3)cc(-c3ccccc3)c(-c3ccccc3)c2-c2ccccc2)cc1Cl. The molecule has 0 aliphatic carbocycles. The third-order valence-electron chi connectivity index (χ3n) is 6.93. The van der Waals surface area contributed by atoms with E-state index in [1.54, 1.807) is 0 Å². The van der Waals surface area contributed by atoms with E-state index < -0.39 is 0 Å². The summed E-state index contributed by atoms with van der Waals surface area (Å²) in [4.78, 5) is 0. The van der Waals surface area contributed by atoms with Gasteiger partial charge in [-0.15, -0.1) is 0 Å². The largest absolute Gasteiger partial charge is 0.227 e. The minimum Gasteiger partial charge on any atom is -0.152 e. The maximum absolute atomic E-state index is 6.73. The quantitative estimate of drug-likeness (QED) is 0.204. The fourth-order valence-corrected chi connectivity index (χ4v) is 5.23. The maximum atomic E-state index is 6.73. The van der Waals surface area contributed by atoms with E-state index >= 15 is 0 Å². The predicted octanol–water partition coefficient (Wildman–Crippen LogP) is 9.59. The van der Waals surface area contributed by atoms with Gasteiger partial charge in [0.25, 0.3) is 0 Å². The van der Waals surface area contributed by atoms with Gasteiger partial charge in [-0.25, -0.2) is 0 Å². The molecule has 0 aliphatic rings. The average Bonchev–Trinajstić information content (AvgIpc) is 2.99. The molecular formula is C36H27ClN+. The molecule has 6 rings (SSSR count). The van der Waals surface area contributed by atoms with Crippen molar-refractivity contribution in [3.8, 4) is 50.5 Å². The molecule has 0 N–H and O–H groups in total. The smallest absolute Gasteiger partial charge is 0.152 e. The summed E-state index contributed by atoms with van der Waals surface area (Å²) in [7, 11) is 0. The van der Waals surface area contributed by atoms with E-state index in [2.05, 4.69) is 150 Å². The zero-order chi connectivity index (χ0) is 25.9. The molecule has 0 saturated carbocycles. The fourth-order valence-electron chi connectivity index (χ4n) is 5.06. The molecule has 1 heterocycles. The van der Waals surface area contributed by atoms with Crippen molar-refractivity contribution in [3.63, 3.8) is 0 Å². The second kappa shape index (κ2) is 10.5. The first-order chi connectivity index (χ1) is 18.7. The van der Waals surface area contributed by atoms with Crippen LogP contribution in [0.1, 0.15) is 5.56 Å². The molecule has 0 fully saturated rings. The molecule has 0 amide bonds. The average molecular weight is 509 g/mol. The van der Waals surface area contributed by atoms with Crippen LogP contribution in [0, 0.1) is 6.92 Å². The van der Waals surface area contributed by atoms with E-state index in [0.717, 1.165) is 44.4 Å². The van der Waals surface area contributed by atoms with Crippen molar-refractivity contribution in [1.29, 1.82) is 0 Å². The van der Waals surface area contributed by atoms with Gasteiger partial charge in [-0.05, 0) is 47.9 Å². The summed E-state index contributed by atoms with van der Waals surface area (Å²) in [5, 5.41) is 0.751. The second-order valence-corrected chi connectivity index (χ2v) is 9.81.